The van der Waals surface area contributed by atoms with Crippen molar-refractivity contribution in [3.63, 3.8) is 0 Å². The van der Waals surface area contributed by atoms with Crippen LogP contribution in [-0.4, -0.2) is 9.55 Å². The Morgan fingerprint density at radius 3 is 2.40 bits per heavy atom. The fraction of sp³-hybridized carbons (Fsp3) is 0.250. The maximum absolute atomic E-state index is 4.26. The normalized spacial score (nSPS) is 11.7. The fourth-order valence-corrected chi connectivity index (χ4v) is 2.61. The number of hydrogen-bond donors (Lipinski definition) is 0. The molecule has 0 spiro atoms. The van der Waals surface area contributed by atoms with Gasteiger partial charge in [0.1, 0.15) is 0 Å². The summed E-state index contributed by atoms with van der Waals surface area (Å²) in [4.78, 5) is 4.26. The number of imidazole rings is 1. The van der Waals surface area contributed by atoms with E-state index in [1.807, 2.05) is 18.5 Å². The first-order chi connectivity index (χ1) is 7.12. The van der Waals surface area contributed by atoms with Gasteiger partial charge in [0.05, 0.1) is 5.54 Å². The Kier molecular flexibility index (Phi) is 2.82. The molecule has 0 unspecified atom stereocenters. The summed E-state index contributed by atoms with van der Waals surface area (Å²) in [5.74, 6) is 0. The Morgan fingerprint density at radius 2 is 1.87 bits per heavy atom. The molecule has 15 heavy (non-hydrogen) atoms. The van der Waals surface area contributed by atoms with Crippen LogP contribution in [0.3, 0.4) is 0 Å². The van der Waals surface area contributed by atoms with Crippen LogP contribution in [-0.2, 0) is 5.54 Å². The minimum Gasteiger partial charge on any atom is -0.317 e. The van der Waals surface area contributed by atoms with Gasteiger partial charge in [-0.3, -0.25) is 0 Å². The van der Waals surface area contributed by atoms with Crippen LogP contribution >= 0.6 is 22.6 Å². The van der Waals surface area contributed by atoms with E-state index in [0.29, 0.717) is 0 Å². The number of halogens is 1. The van der Waals surface area contributed by atoms with Crippen LogP contribution in [0.2, 0.25) is 0 Å². The first-order valence-corrected chi connectivity index (χ1v) is 5.95. The zero-order chi connectivity index (χ0) is 10.9. The van der Waals surface area contributed by atoms with E-state index in [1.54, 1.807) is 0 Å². The van der Waals surface area contributed by atoms with E-state index in [1.165, 1.54) is 5.56 Å². The molecule has 0 bridgehead atoms. The van der Waals surface area contributed by atoms with Crippen molar-refractivity contribution >= 4 is 22.6 Å². The zero-order valence-electron chi connectivity index (χ0n) is 8.81. The Bertz CT molecular complexity index is 446. The lowest BCUT2D eigenvalue weighted by Gasteiger charge is -2.28. The van der Waals surface area contributed by atoms with Gasteiger partial charge in [-0.25, -0.2) is 4.98 Å². The molecule has 0 atom stereocenters. The molecule has 0 radical (unpaired) electrons. The lowest BCUT2D eigenvalue weighted by molar-refractivity contribution is 0.426. The summed E-state index contributed by atoms with van der Waals surface area (Å²) in [6.45, 7) is 4.40. The first kappa shape index (κ1) is 10.7. The smallest absolute Gasteiger partial charge is 0.172 e. The van der Waals surface area contributed by atoms with Crippen LogP contribution in [0.25, 0.3) is 0 Å². The molecular weight excluding hydrogens is 299 g/mol. The summed E-state index contributed by atoms with van der Waals surface area (Å²) in [6, 6.07) is 10.5. The number of hydrogen-bond acceptors (Lipinski definition) is 1. The molecule has 0 fully saturated rings. The van der Waals surface area contributed by atoms with Crippen molar-refractivity contribution in [1.82, 2.24) is 9.55 Å². The minimum absolute atomic E-state index is 0.0473. The summed E-state index contributed by atoms with van der Waals surface area (Å²) >= 11 is 2.26. The van der Waals surface area contributed by atoms with Gasteiger partial charge in [0.2, 0.25) is 0 Å². The van der Waals surface area contributed by atoms with Crippen molar-refractivity contribution in [1.29, 1.82) is 0 Å². The maximum Gasteiger partial charge on any atom is 0.172 e. The predicted octanol–water partition coefficient (Wildman–Crippen LogP) is 3.27. The van der Waals surface area contributed by atoms with E-state index in [0.717, 1.165) is 3.83 Å². The van der Waals surface area contributed by atoms with Crippen LogP contribution < -0.4 is 0 Å². The minimum atomic E-state index is -0.0473. The molecule has 1 aromatic carbocycles. The van der Waals surface area contributed by atoms with Crippen molar-refractivity contribution in [3.8, 4) is 0 Å². The molecular formula is C12H13IN2. The molecule has 1 aromatic heterocycles. The number of rotatable bonds is 2. The highest BCUT2D eigenvalue weighted by Gasteiger charge is 2.23. The molecule has 0 aliphatic heterocycles. The molecule has 2 rings (SSSR count). The third-order valence-electron chi connectivity index (χ3n) is 2.68. The van der Waals surface area contributed by atoms with Crippen LogP contribution in [0.5, 0.6) is 0 Å². The van der Waals surface area contributed by atoms with E-state index in [9.17, 15) is 0 Å². The fourth-order valence-electron chi connectivity index (χ4n) is 1.69. The third-order valence-corrected chi connectivity index (χ3v) is 3.48. The van der Waals surface area contributed by atoms with Crippen molar-refractivity contribution in [3.05, 3.63) is 52.1 Å². The molecule has 78 valence electrons. The van der Waals surface area contributed by atoms with Gasteiger partial charge in [0, 0.05) is 12.4 Å². The van der Waals surface area contributed by atoms with Crippen molar-refractivity contribution in [2.24, 2.45) is 0 Å². The third kappa shape index (κ3) is 1.93. The highest BCUT2D eigenvalue weighted by molar-refractivity contribution is 14.1. The highest BCUT2D eigenvalue weighted by atomic mass is 127. The van der Waals surface area contributed by atoms with Gasteiger partial charge in [-0.05, 0) is 42.0 Å². The molecule has 0 N–H and O–H groups in total. The Morgan fingerprint density at radius 1 is 1.20 bits per heavy atom. The Labute approximate surface area is 103 Å². The number of nitrogens with zero attached hydrogens (tertiary/aromatic N) is 2. The van der Waals surface area contributed by atoms with Gasteiger partial charge in [-0.2, -0.15) is 0 Å². The number of benzene rings is 1. The van der Waals surface area contributed by atoms with E-state index in [2.05, 4.69) is 70.3 Å². The van der Waals surface area contributed by atoms with Crippen molar-refractivity contribution in [2.75, 3.05) is 0 Å². The van der Waals surface area contributed by atoms with Crippen LogP contribution in [0.15, 0.2) is 42.7 Å². The van der Waals surface area contributed by atoms with Gasteiger partial charge >= 0.3 is 0 Å². The Balaban J connectivity index is 2.48. The van der Waals surface area contributed by atoms with Crippen LogP contribution in [0, 0.1) is 3.83 Å². The average Bonchev–Trinajstić information content (AvgIpc) is 2.66. The largest absolute Gasteiger partial charge is 0.317 e. The second kappa shape index (κ2) is 3.96. The van der Waals surface area contributed by atoms with Crippen molar-refractivity contribution < 1.29 is 0 Å². The Hall–Kier alpha value is -0.840. The molecule has 1 heterocycles. The van der Waals surface area contributed by atoms with E-state index >= 15 is 0 Å². The summed E-state index contributed by atoms with van der Waals surface area (Å²) < 4.78 is 3.20. The van der Waals surface area contributed by atoms with Crippen LogP contribution in [0.1, 0.15) is 19.4 Å². The first-order valence-electron chi connectivity index (χ1n) is 4.87. The standard InChI is InChI=1S/C12H13IN2/c1-12(2,10-6-4-3-5-7-10)15-9-8-14-11(15)13/h3-9H,1-2H3. The maximum atomic E-state index is 4.26. The second-order valence-corrected chi connectivity index (χ2v) is 4.96. The summed E-state index contributed by atoms with van der Waals surface area (Å²) in [5, 5.41) is 0. The average molecular weight is 312 g/mol. The highest BCUT2D eigenvalue weighted by Crippen LogP contribution is 2.26. The molecule has 0 aliphatic carbocycles. The molecule has 0 saturated carbocycles. The van der Waals surface area contributed by atoms with Crippen LogP contribution in [0.4, 0.5) is 0 Å². The molecule has 2 aromatic rings. The van der Waals surface area contributed by atoms with E-state index in [4.69, 9.17) is 0 Å². The molecule has 0 saturated heterocycles. The van der Waals surface area contributed by atoms with Gasteiger partial charge in [0.25, 0.3) is 0 Å². The topological polar surface area (TPSA) is 17.8 Å². The summed E-state index contributed by atoms with van der Waals surface area (Å²) in [5.41, 5.74) is 1.25. The monoisotopic (exact) mass is 312 g/mol. The van der Waals surface area contributed by atoms with Crippen molar-refractivity contribution in [2.45, 2.75) is 19.4 Å². The lowest BCUT2D eigenvalue weighted by Crippen LogP contribution is -2.28. The predicted molar refractivity (Wildman–Crippen MR) is 69.8 cm³/mol. The molecule has 2 nitrogen and oxygen atoms in total. The second-order valence-electron chi connectivity index (χ2n) is 3.99. The molecule has 0 amide bonds. The molecule has 0 aliphatic rings. The van der Waals surface area contributed by atoms with E-state index in [-0.39, 0.29) is 5.54 Å². The summed E-state index contributed by atoms with van der Waals surface area (Å²) in [6.07, 6.45) is 3.86. The lowest BCUT2D eigenvalue weighted by atomic mass is 9.94. The molecule has 3 heteroatoms. The SMILES string of the molecule is CC(C)(c1ccccc1)n1ccnc1I. The van der Waals surface area contributed by atoms with E-state index < -0.39 is 0 Å². The van der Waals surface area contributed by atoms with Gasteiger partial charge in [0.15, 0.2) is 3.83 Å². The summed E-state index contributed by atoms with van der Waals surface area (Å²) in [7, 11) is 0. The van der Waals surface area contributed by atoms with Gasteiger partial charge in [-0.15, -0.1) is 0 Å². The van der Waals surface area contributed by atoms with Gasteiger partial charge < -0.3 is 4.57 Å². The quantitative estimate of drug-likeness (QED) is 0.778. The zero-order valence-corrected chi connectivity index (χ0v) is 11.0. The number of aromatic nitrogens is 2. The van der Waals surface area contributed by atoms with Gasteiger partial charge in [-0.1, -0.05) is 30.3 Å².